The number of ether oxygens (including phenoxy) is 1. The van der Waals surface area contributed by atoms with E-state index >= 15 is 0 Å². The fraction of sp³-hybridized carbons (Fsp3) is 0.714. The lowest BCUT2D eigenvalue weighted by atomic mass is 9.98. The number of nitrogens with two attached hydrogens (primary N) is 1. The second kappa shape index (κ2) is 4.46. The van der Waals surface area contributed by atoms with Crippen LogP contribution in [-0.4, -0.2) is 16.3 Å². The molecule has 1 atom stereocenters. The van der Waals surface area contributed by atoms with Gasteiger partial charge in [0.25, 0.3) is 0 Å². The summed E-state index contributed by atoms with van der Waals surface area (Å²) in [6.07, 6.45) is 12.4. The zero-order valence-corrected chi connectivity index (χ0v) is 10.4. The Morgan fingerprint density at radius 2 is 2.18 bits per heavy atom. The van der Waals surface area contributed by atoms with E-state index in [-0.39, 0.29) is 5.60 Å². The molecular formula is C14H22N2O. The average molecular weight is 234 g/mol. The van der Waals surface area contributed by atoms with E-state index in [1.807, 2.05) is 0 Å². The van der Waals surface area contributed by atoms with Crippen LogP contribution in [-0.2, 0) is 17.8 Å². The first-order chi connectivity index (χ1) is 8.30. The van der Waals surface area contributed by atoms with Crippen LogP contribution in [0.15, 0.2) is 18.5 Å². The van der Waals surface area contributed by atoms with Crippen LogP contribution in [0.5, 0.6) is 0 Å². The zero-order valence-electron chi connectivity index (χ0n) is 10.4. The molecule has 0 bridgehead atoms. The summed E-state index contributed by atoms with van der Waals surface area (Å²) in [5.41, 5.74) is 7.09. The van der Waals surface area contributed by atoms with E-state index in [0.29, 0.717) is 12.6 Å². The first kappa shape index (κ1) is 11.3. The van der Waals surface area contributed by atoms with Gasteiger partial charge in [-0.15, -0.1) is 0 Å². The Kier molecular flexibility index (Phi) is 2.97. The maximum Gasteiger partial charge on any atom is 0.0762 e. The third kappa shape index (κ3) is 2.26. The molecule has 3 heteroatoms. The molecule has 1 aromatic rings. The highest BCUT2D eigenvalue weighted by Crippen LogP contribution is 2.43. The maximum atomic E-state index is 6.30. The summed E-state index contributed by atoms with van der Waals surface area (Å²) in [5, 5.41) is 0. The van der Waals surface area contributed by atoms with E-state index < -0.39 is 0 Å². The Morgan fingerprint density at radius 1 is 1.35 bits per heavy atom. The molecule has 1 aromatic heterocycles. The van der Waals surface area contributed by atoms with Crippen molar-refractivity contribution in [3.63, 3.8) is 0 Å². The lowest BCUT2D eigenvalue weighted by Gasteiger charge is -2.24. The Bertz CT molecular complexity index is 379. The van der Waals surface area contributed by atoms with E-state index in [0.717, 1.165) is 6.54 Å². The van der Waals surface area contributed by atoms with Crippen LogP contribution >= 0.6 is 0 Å². The van der Waals surface area contributed by atoms with Crippen molar-refractivity contribution in [2.45, 2.75) is 63.3 Å². The van der Waals surface area contributed by atoms with Gasteiger partial charge in [-0.05, 0) is 37.3 Å². The van der Waals surface area contributed by atoms with Gasteiger partial charge in [-0.25, -0.2) is 0 Å². The number of aromatic nitrogens is 1. The second-order valence-electron chi connectivity index (χ2n) is 5.59. The molecule has 94 valence electrons. The zero-order chi connectivity index (χ0) is 11.7. The third-order valence-corrected chi connectivity index (χ3v) is 4.32. The van der Waals surface area contributed by atoms with Crippen LogP contribution in [0.2, 0.25) is 0 Å². The van der Waals surface area contributed by atoms with Gasteiger partial charge in [-0.1, -0.05) is 12.8 Å². The van der Waals surface area contributed by atoms with Gasteiger partial charge in [0.15, 0.2) is 0 Å². The Labute approximate surface area is 103 Å². The molecule has 1 unspecified atom stereocenters. The SMILES string of the molecule is NCc1ccn(CC2CCC3(CCCC3)O2)c1. The summed E-state index contributed by atoms with van der Waals surface area (Å²) < 4.78 is 8.53. The number of nitrogens with zero attached hydrogens (tertiary/aromatic N) is 1. The average Bonchev–Trinajstić information content (AvgIpc) is 3.03. The molecular weight excluding hydrogens is 212 g/mol. The van der Waals surface area contributed by atoms with Crippen LogP contribution < -0.4 is 5.73 Å². The lowest BCUT2D eigenvalue weighted by molar-refractivity contribution is -0.0417. The lowest BCUT2D eigenvalue weighted by Crippen LogP contribution is -2.26. The minimum atomic E-state index is 0.258. The Balaban J connectivity index is 1.59. The molecule has 0 amide bonds. The molecule has 1 aliphatic carbocycles. The van der Waals surface area contributed by atoms with Crippen molar-refractivity contribution in [2.24, 2.45) is 5.73 Å². The van der Waals surface area contributed by atoms with E-state index in [4.69, 9.17) is 10.5 Å². The highest BCUT2D eigenvalue weighted by Gasteiger charge is 2.41. The molecule has 1 saturated heterocycles. The van der Waals surface area contributed by atoms with Crippen molar-refractivity contribution in [3.05, 3.63) is 24.0 Å². The van der Waals surface area contributed by atoms with Crippen LogP contribution in [0.1, 0.15) is 44.1 Å². The van der Waals surface area contributed by atoms with E-state index in [1.54, 1.807) is 0 Å². The smallest absolute Gasteiger partial charge is 0.0762 e. The summed E-state index contributed by atoms with van der Waals surface area (Å²) in [6, 6.07) is 2.10. The summed E-state index contributed by atoms with van der Waals surface area (Å²) >= 11 is 0. The van der Waals surface area contributed by atoms with Gasteiger partial charge in [-0.2, -0.15) is 0 Å². The predicted octanol–water partition coefficient (Wildman–Crippen LogP) is 2.44. The molecule has 1 saturated carbocycles. The normalized spacial score (nSPS) is 27.0. The van der Waals surface area contributed by atoms with E-state index in [1.165, 1.54) is 44.1 Å². The summed E-state index contributed by atoms with van der Waals surface area (Å²) in [5.74, 6) is 0. The van der Waals surface area contributed by atoms with Gasteiger partial charge in [0.2, 0.25) is 0 Å². The van der Waals surface area contributed by atoms with Crippen LogP contribution in [0.3, 0.4) is 0 Å². The van der Waals surface area contributed by atoms with Crippen LogP contribution in [0, 0.1) is 0 Å². The Hall–Kier alpha value is -0.800. The summed E-state index contributed by atoms with van der Waals surface area (Å²) in [6.45, 7) is 1.62. The Morgan fingerprint density at radius 3 is 2.88 bits per heavy atom. The molecule has 0 aromatic carbocycles. The van der Waals surface area contributed by atoms with Crippen molar-refractivity contribution in [2.75, 3.05) is 0 Å². The van der Waals surface area contributed by atoms with E-state index in [2.05, 4.69) is 23.0 Å². The summed E-state index contributed by atoms with van der Waals surface area (Å²) in [7, 11) is 0. The maximum absolute atomic E-state index is 6.30. The van der Waals surface area contributed by atoms with Gasteiger partial charge >= 0.3 is 0 Å². The second-order valence-corrected chi connectivity index (χ2v) is 5.59. The van der Waals surface area contributed by atoms with Crippen molar-refractivity contribution >= 4 is 0 Å². The number of hydrogen-bond donors (Lipinski definition) is 1. The standard InChI is InChI=1S/C14H22N2O/c15-9-12-4-8-16(10-12)11-13-3-7-14(17-13)5-1-2-6-14/h4,8,10,13H,1-3,5-7,9,11,15H2. The van der Waals surface area contributed by atoms with Crippen molar-refractivity contribution in [3.8, 4) is 0 Å². The molecule has 2 heterocycles. The van der Waals surface area contributed by atoms with Crippen LogP contribution in [0.25, 0.3) is 0 Å². The fourth-order valence-corrected chi connectivity index (χ4v) is 3.37. The molecule has 2 fully saturated rings. The molecule has 0 radical (unpaired) electrons. The number of rotatable bonds is 3. The van der Waals surface area contributed by atoms with Gasteiger partial charge in [0.1, 0.15) is 0 Å². The van der Waals surface area contributed by atoms with Gasteiger partial charge < -0.3 is 15.0 Å². The fourth-order valence-electron chi connectivity index (χ4n) is 3.37. The molecule has 1 spiro atoms. The van der Waals surface area contributed by atoms with Crippen LogP contribution in [0.4, 0.5) is 0 Å². The van der Waals surface area contributed by atoms with Crippen molar-refractivity contribution in [1.29, 1.82) is 0 Å². The van der Waals surface area contributed by atoms with Crippen molar-refractivity contribution < 1.29 is 4.74 Å². The highest BCUT2D eigenvalue weighted by atomic mass is 16.5. The molecule has 1 aliphatic heterocycles. The first-order valence-electron chi connectivity index (χ1n) is 6.82. The highest BCUT2D eigenvalue weighted by molar-refractivity contribution is 5.09. The largest absolute Gasteiger partial charge is 0.370 e. The first-order valence-corrected chi connectivity index (χ1v) is 6.82. The minimum Gasteiger partial charge on any atom is -0.370 e. The quantitative estimate of drug-likeness (QED) is 0.872. The monoisotopic (exact) mass is 234 g/mol. The number of hydrogen-bond acceptors (Lipinski definition) is 2. The molecule has 2 N–H and O–H groups in total. The predicted molar refractivity (Wildman–Crippen MR) is 67.6 cm³/mol. The van der Waals surface area contributed by atoms with Gasteiger partial charge in [-0.3, -0.25) is 0 Å². The van der Waals surface area contributed by atoms with Gasteiger partial charge in [0.05, 0.1) is 11.7 Å². The minimum absolute atomic E-state index is 0.258. The topological polar surface area (TPSA) is 40.2 Å². The van der Waals surface area contributed by atoms with Crippen molar-refractivity contribution in [1.82, 2.24) is 4.57 Å². The van der Waals surface area contributed by atoms with Gasteiger partial charge in [0, 0.05) is 25.5 Å². The molecule has 17 heavy (non-hydrogen) atoms. The van der Waals surface area contributed by atoms with E-state index in [9.17, 15) is 0 Å². The third-order valence-electron chi connectivity index (χ3n) is 4.32. The summed E-state index contributed by atoms with van der Waals surface area (Å²) in [4.78, 5) is 0. The molecule has 3 rings (SSSR count). The molecule has 2 aliphatic rings. The molecule has 3 nitrogen and oxygen atoms in total.